The van der Waals surface area contributed by atoms with Crippen LogP contribution < -0.4 is 10.6 Å². The highest BCUT2D eigenvalue weighted by Crippen LogP contribution is 2.17. The van der Waals surface area contributed by atoms with Gasteiger partial charge in [-0.25, -0.2) is 8.78 Å². The minimum Gasteiger partial charge on any atom is -0.371 e. The molecule has 21 heavy (non-hydrogen) atoms. The molecule has 0 saturated carbocycles. The van der Waals surface area contributed by atoms with Crippen LogP contribution in [0.15, 0.2) is 42.5 Å². The van der Waals surface area contributed by atoms with Gasteiger partial charge in [0.1, 0.15) is 17.3 Å². The molecule has 0 aliphatic carbocycles. The molecule has 0 aliphatic heterocycles. The Hall–Kier alpha value is -2.43. The molecule has 2 N–H and O–H groups in total. The van der Waals surface area contributed by atoms with Gasteiger partial charge in [-0.3, -0.25) is 4.79 Å². The zero-order valence-corrected chi connectivity index (χ0v) is 11.6. The second kappa shape index (κ2) is 6.83. The van der Waals surface area contributed by atoms with Crippen LogP contribution >= 0.6 is 0 Å². The average Bonchev–Trinajstić information content (AvgIpc) is 2.46. The van der Waals surface area contributed by atoms with Crippen molar-refractivity contribution >= 4 is 11.6 Å². The van der Waals surface area contributed by atoms with E-state index in [0.29, 0.717) is 6.54 Å². The van der Waals surface area contributed by atoms with Gasteiger partial charge in [0.25, 0.3) is 0 Å². The monoisotopic (exact) mass is 290 g/mol. The summed E-state index contributed by atoms with van der Waals surface area (Å²) in [5.74, 6) is -1.77. The van der Waals surface area contributed by atoms with Crippen LogP contribution in [0.3, 0.4) is 0 Å². The number of amides is 1. The Morgan fingerprint density at radius 2 is 1.71 bits per heavy atom. The van der Waals surface area contributed by atoms with Gasteiger partial charge in [0, 0.05) is 6.54 Å². The second-order valence-corrected chi connectivity index (χ2v) is 4.65. The number of rotatable bonds is 5. The van der Waals surface area contributed by atoms with Crippen molar-refractivity contribution in [3.8, 4) is 0 Å². The van der Waals surface area contributed by atoms with Crippen LogP contribution in [0.2, 0.25) is 0 Å². The Balaban J connectivity index is 1.87. The lowest BCUT2D eigenvalue weighted by Gasteiger charge is -2.10. The van der Waals surface area contributed by atoms with E-state index in [-0.39, 0.29) is 18.1 Å². The van der Waals surface area contributed by atoms with Crippen molar-refractivity contribution in [3.63, 3.8) is 0 Å². The van der Waals surface area contributed by atoms with Gasteiger partial charge >= 0.3 is 0 Å². The smallest absolute Gasteiger partial charge is 0.239 e. The first kappa shape index (κ1) is 15.0. The molecule has 0 fully saturated rings. The number of hydrogen-bond donors (Lipinski definition) is 2. The van der Waals surface area contributed by atoms with Crippen molar-refractivity contribution < 1.29 is 13.6 Å². The lowest BCUT2D eigenvalue weighted by Crippen LogP contribution is -2.30. The van der Waals surface area contributed by atoms with Crippen LogP contribution in [0.25, 0.3) is 0 Å². The maximum Gasteiger partial charge on any atom is 0.239 e. The van der Waals surface area contributed by atoms with Gasteiger partial charge < -0.3 is 10.6 Å². The quantitative estimate of drug-likeness (QED) is 0.889. The first-order valence-corrected chi connectivity index (χ1v) is 6.57. The molecule has 0 aromatic heterocycles. The van der Waals surface area contributed by atoms with E-state index < -0.39 is 11.6 Å². The van der Waals surface area contributed by atoms with E-state index in [4.69, 9.17) is 0 Å². The van der Waals surface area contributed by atoms with Crippen molar-refractivity contribution in [1.29, 1.82) is 0 Å². The number of benzene rings is 2. The van der Waals surface area contributed by atoms with Gasteiger partial charge in [0.2, 0.25) is 5.91 Å². The van der Waals surface area contributed by atoms with Crippen molar-refractivity contribution in [2.24, 2.45) is 0 Å². The maximum absolute atomic E-state index is 13.4. The van der Waals surface area contributed by atoms with E-state index in [9.17, 15) is 13.6 Å². The molecule has 0 aliphatic rings. The maximum atomic E-state index is 13.4. The number of carbonyl (C=O) groups is 1. The molecule has 0 radical (unpaired) electrons. The first-order chi connectivity index (χ1) is 10.1. The highest BCUT2D eigenvalue weighted by molar-refractivity contribution is 5.80. The molecular formula is C16H16F2N2O. The summed E-state index contributed by atoms with van der Waals surface area (Å²) in [6.07, 6.45) is 0. The second-order valence-electron chi connectivity index (χ2n) is 4.65. The summed E-state index contributed by atoms with van der Waals surface area (Å²) >= 11 is 0. The molecule has 0 spiro atoms. The molecule has 0 unspecified atom stereocenters. The Labute approximate surface area is 122 Å². The van der Waals surface area contributed by atoms with E-state index in [2.05, 4.69) is 10.6 Å². The molecule has 3 nitrogen and oxygen atoms in total. The molecule has 1 amide bonds. The van der Waals surface area contributed by atoms with Crippen LogP contribution in [-0.4, -0.2) is 12.5 Å². The number of para-hydroxylation sites is 1. The minimum absolute atomic E-state index is 0.191. The molecular weight excluding hydrogens is 274 g/mol. The fourth-order valence-electron chi connectivity index (χ4n) is 1.90. The molecule has 110 valence electrons. The number of carbonyl (C=O) groups excluding carboxylic acids is 1. The third-order valence-electron chi connectivity index (χ3n) is 3.13. The van der Waals surface area contributed by atoms with E-state index in [0.717, 1.165) is 23.3 Å². The molecule has 2 aromatic carbocycles. The fourth-order valence-corrected chi connectivity index (χ4v) is 1.90. The van der Waals surface area contributed by atoms with Gasteiger partial charge in [0.05, 0.1) is 6.54 Å². The number of aryl methyl sites for hydroxylation is 1. The average molecular weight is 290 g/mol. The number of hydrogen-bond acceptors (Lipinski definition) is 2. The largest absolute Gasteiger partial charge is 0.371 e. The lowest BCUT2D eigenvalue weighted by molar-refractivity contribution is -0.119. The molecule has 0 atom stereocenters. The minimum atomic E-state index is -0.721. The highest BCUT2D eigenvalue weighted by Gasteiger charge is 2.09. The van der Waals surface area contributed by atoms with Crippen LogP contribution in [0.5, 0.6) is 0 Å². The summed E-state index contributed by atoms with van der Waals surface area (Å²) in [6.45, 7) is 2.14. The summed E-state index contributed by atoms with van der Waals surface area (Å²) in [4.78, 5) is 11.7. The Morgan fingerprint density at radius 3 is 2.38 bits per heavy atom. The van der Waals surface area contributed by atoms with Crippen LogP contribution in [0.4, 0.5) is 14.5 Å². The molecule has 0 saturated heterocycles. The Kier molecular flexibility index (Phi) is 4.87. The van der Waals surface area contributed by atoms with Crippen LogP contribution in [0, 0.1) is 18.6 Å². The van der Waals surface area contributed by atoms with E-state index >= 15 is 0 Å². The summed E-state index contributed by atoms with van der Waals surface area (Å²) in [7, 11) is 0. The molecule has 2 rings (SSSR count). The predicted octanol–water partition coefficient (Wildman–Crippen LogP) is 3.00. The van der Waals surface area contributed by atoms with Crippen LogP contribution in [-0.2, 0) is 11.3 Å². The third kappa shape index (κ3) is 4.02. The topological polar surface area (TPSA) is 41.1 Å². The van der Waals surface area contributed by atoms with E-state index in [1.165, 1.54) is 6.07 Å². The van der Waals surface area contributed by atoms with Crippen molar-refractivity contribution in [3.05, 3.63) is 65.2 Å². The third-order valence-corrected chi connectivity index (χ3v) is 3.13. The number of halogens is 2. The normalized spacial score (nSPS) is 10.2. The van der Waals surface area contributed by atoms with Gasteiger partial charge in [-0.15, -0.1) is 0 Å². The van der Waals surface area contributed by atoms with E-state index in [1.54, 1.807) is 0 Å². The molecule has 0 heterocycles. The number of nitrogens with one attached hydrogen (secondary N) is 2. The summed E-state index contributed by atoms with van der Waals surface area (Å²) in [5, 5.41) is 5.17. The fraction of sp³-hybridized carbons (Fsp3) is 0.188. The van der Waals surface area contributed by atoms with E-state index in [1.807, 2.05) is 31.2 Å². The lowest BCUT2D eigenvalue weighted by atomic mass is 10.1. The first-order valence-electron chi connectivity index (χ1n) is 6.57. The summed E-state index contributed by atoms with van der Waals surface area (Å²) in [6, 6.07) is 11.2. The Bertz CT molecular complexity index is 624. The van der Waals surface area contributed by atoms with Gasteiger partial charge in [-0.05, 0) is 30.2 Å². The molecule has 2 aromatic rings. The Morgan fingerprint density at radius 1 is 1.05 bits per heavy atom. The standard InChI is InChI=1S/C16H16F2N2O/c1-11-5-2-3-6-12(11)9-19-15(21)10-20-16-13(17)7-4-8-14(16)18/h2-8,20H,9-10H2,1H3,(H,19,21). The van der Waals surface area contributed by atoms with Gasteiger partial charge in [-0.2, -0.15) is 0 Å². The van der Waals surface area contributed by atoms with Crippen LogP contribution in [0.1, 0.15) is 11.1 Å². The number of anilines is 1. The van der Waals surface area contributed by atoms with Gasteiger partial charge in [0.15, 0.2) is 0 Å². The van der Waals surface area contributed by atoms with Crippen molar-refractivity contribution in [1.82, 2.24) is 5.32 Å². The zero-order chi connectivity index (χ0) is 15.2. The van der Waals surface area contributed by atoms with Gasteiger partial charge in [-0.1, -0.05) is 30.3 Å². The highest BCUT2D eigenvalue weighted by atomic mass is 19.1. The SMILES string of the molecule is Cc1ccccc1CNC(=O)CNc1c(F)cccc1F. The van der Waals surface area contributed by atoms with Crippen molar-refractivity contribution in [2.75, 3.05) is 11.9 Å². The van der Waals surface area contributed by atoms with Crippen molar-refractivity contribution in [2.45, 2.75) is 13.5 Å². The zero-order valence-electron chi connectivity index (χ0n) is 11.6. The summed E-state index contributed by atoms with van der Waals surface area (Å²) < 4.78 is 26.7. The summed E-state index contributed by atoms with van der Waals surface area (Å²) in [5.41, 5.74) is 1.79. The predicted molar refractivity (Wildman–Crippen MR) is 77.9 cm³/mol. The molecule has 0 bridgehead atoms. The molecule has 5 heteroatoms.